The molecule has 0 saturated heterocycles. The normalized spacial score (nSPS) is 32.6. The van der Waals surface area contributed by atoms with Crippen LogP contribution in [-0.4, -0.2) is 55.9 Å². The maximum atomic E-state index is 13.3. The lowest BCUT2D eigenvalue weighted by molar-refractivity contribution is -0.136. The Kier molecular flexibility index (Phi) is 4.70. The molecule has 0 aromatic carbocycles. The van der Waals surface area contributed by atoms with Crippen LogP contribution in [0.5, 0.6) is 0 Å². The van der Waals surface area contributed by atoms with E-state index < -0.39 is 5.60 Å². The minimum atomic E-state index is -0.496. The van der Waals surface area contributed by atoms with E-state index in [9.17, 15) is 9.90 Å². The summed E-state index contributed by atoms with van der Waals surface area (Å²) in [7, 11) is 1.68. The first kappa shape index (κ1) is 18.8. The van der Waals surface area contributed by atoms with Crippen molar-refractivity contribution in [2.24, 2.45) is 17.8 Å². The van der Waals surface area contributed by atoms with Crippen molar-refractivity contribution in [3.63, 3.8) is 0 Å². The summed E-state index contributed by atoms with van der Waals surface area (Å²) < 4.78 is 8.67. The van der Waals surface area contributed by atoms with Gasteiger partial charge in [-0.3, -0.25) is 4.79 Å². The van der Waals surface area contributed by atoms with Crippen LogP contribution in [0.3, 0.4) is 0 Å². The molecule has 4 aliphatic carbocycles. The smallest absolute Gasteiger partial charge is 0.256 e. The lowest BCUT2D eigenvalue weighted by Crippen LogP contribution is -2.61. The highest BCUT2D eigenvalue weighted by Gasteiger charge is 2.55. The van der Waals surface area contributed by atoms with Gasteiger partial charge >= 0.3 is 0 Å². The highest BCUT2D eigenvalue weighted by Crippen LogP contribution is 2.55. The van der Waals surface area contributed by atoms with Gasteiger partial charge in [-0.25, -0.2) is 9.36 Å². The number of methoxy groups -OCH3 is 1. The number of rotatable bonds is 7. The number of hydrogen-bond donors (Lipinski definition) is 2. The largest absolute Gasteiger partial charge is 0.390 e. The van der Waals surface area contributed by atoms with Gasteiger partial charge < -0.3 is 15.2 Å². The second-order valence-electron chi connectivity index (χ2n) is 9.10. The molecule has 8 nitrogen and oxygen atoms in total. The Labute approximate surface area is 170 Å². The Morgan fingerprint density at radius 3 is 2.76 bits per heavy atom. The molecule has 0 aliphatic heterocycles. The number of aliphatic hydroxyl groups is 1. The van der Waals surface area contributed by atoms with Crippen molar-refractivity contribution in [2.75, 3.05) is 13.7 Å². The zero-order chi connectivity index (χ0) is 20.0. The van der Waals surface area contributed by atoms with Crippen molar-refractivity contribution in [3.05, 3.63) is 30.2 Å². The Balaban J connectivity index is 1.37. The van der Waals surface area contributed by atoms with Gasteiger partial charge in [0.2, 0.25) is 0 Å². The van der Waals surface area contributed by atoms with Crippen LogP contribution in [0, 0.1) is 17.8 Å². The summed E-state index contributed by atoms with van der Waals surface area (Å²) in [6, 6.07) is 1.98. The van der Waals surface area contributed by atoms with E-state index in [0.717, 1.165) is 38.5 Å². The number of ether oxygens (including phenoxy) is 1. The van der Waals surface area contributed by atoms with Crippen LogP contribution >= 0.6 is 0 Å². The van der Waals surface area contributed by atoms with Crippen molar-refractivity contribution in [3.8, 4) is 5.82 Å². The Hall–Kier alpha value is -2.19. The average Bonchev–Trinajstić information content (AvgIpc) is 3.32. The fourth-order valence-electron chi connectivity index (χ4n) is 6.14. The molecule has 2 aromatic heterocycles. The van der Waals surface area contributed by atoms with Gasteiger partial charge in [-0.15, -0.1) is 0 Å². The van der Waals surface area contributed by atoms with Crippen LogP contribution in [-0.2, 0) is 11.3 Å². The molecule has 2 N–H and O–H groups in total. The molecule has 1 amide bonds. The van der Waals surface area contributed by atoms with E-state index in [1.807, 2.05) is 16.9 Å². The minimum absolute atomic E-state index is 0.0991. The summed E-state index contributed by atoms with van der Waals surface area (Å²) in [5.41, 5.74) is 0.0446. The van der Waals surface area contributed by atoms with Crippen LogP contribution in [0.25, 0.3) is 5.82 Å². The molecule has 2 heterocycles. The molecule has 2 atom stereocenters. The number of aryl methyl sites for hydroxylation is 1. The standard InChI is InChI=1S/C21H29N5O3/c1-29-7-3-6-26-20(25-5-2-4-22-25)17(13-23-26)19(27)24-18-15-8-14-9-16(18)12-21(28,10-14)11-15/h2,4-5,13-16,18,28H,3,6-12H2,1H3,(H,24,27). The molecule has 0 radical (unpaired) electrons. The molecule has 29 heavy (non-hydrogen) atoms. The van der Waals surface area contributed by atoms with Crippen molar-refractivity contribution < 1.29 is 14.6 Å². The summed E-state index contributed by atoms with van der Waals surface area (Å²) in [6.45, 7) is 1.29. The first-order valence-corrected chi connectivity index (χ1v) is 10.6. The number of amides is 1. The Bertz CT molecular complexity index is 861. The van der Waals surface area contributed by atoms with Crippen molar-refractivity contribution in [1.82, 2.24) is 24.9 Å². The van der Waals surface area contributed by atoms with E-state index in [4.69, 9.17) is 4.74 Å². The van der Waals surface area contributed by atoms with Crippen LogP contribution in [0.4, 0.5) is 0 Å². The van der Waals surface area contributed by atoms with Gasteiger partial charge in [0.05, 0.1) is 11.8 Å². The van der Waals surface area contributed by atoms with E-state index in [1.165, 1.54) is 0 Å². The van der Waals surface area contributed by atoms with E-state index in [2.05, 4.69) is 15.5 Å². The molecule has 2 unspecified atom stereocenters. The number of carbonyl (C=O) groups is 1. The van der Waals surface area contributed by atoms with E-state index in [-0.39, 0.29) is 11.9 Å². The van der Waals surface area contributed by atoms with Crippen molar-refractivity contribution in [1.29, 1.82) is 0 Å². The number of hydrogen-bond acceptors (Lipinski definition) is 5. The fraction of sp³-hybridized carbons (Fsp3) is 0.667. The zero-order valence-electron chi connectivity index (χ0n) is 16.8. The quantitative estimate of drug-likeness (QED) is 0.692. The molecule has 4 saturated carbocycles. The van der Waals surface area contributed by atoms with Gasteiger partial charge in [-0.2, -0.15) is 10.2 Å². The fourth-order valence-corrected chi connectivity index (χ4v) is 6.14. The molecule has 8 heteroatoms. The predicted octanol–water partition coefficient (Wildman–Crippen LogP) is 1.77. The molecule has 6 rings (SSSR count). The average molecular weight is 399 g/mol. The van der Waals surface area contributed by atoms with Gasteiger partial charge in [0.25, 0.3) is 5.91 Å². The van der Waals surface area contributed by atoms with E-state index in [1.54, 1.807) is 24.2 Å². The summed E-state index contributed by atoms with van der Waals surface area (Å²) in [5, 5.41) is 22.9. The topological polar surface area (TPSA) is 94.2 Å². The van der Waals surface area contributed by atoms with Gasteiger partial charge in [0.15, 0.2) is 5.82 Å². The van der Waals surface area contributed by atoms with Crippen LogP contribution in [0.1, 0.15) is 48.9 Å². The third-order valence-electron chi connectivity index (χ3n) is 7.03. The molecular weight excluding hydrogens is 370 g/mol. The number of nitrogens with zero attached hydrogens (tertiary/aromatic N) is 4. The third kappa shape index (κ3) is 3.38. The van der Waals surface area contributed by atoms with Crippen LogP contribution in [0.2, 0.25) is 0 Å². The lowest BCUT2D eigenvalue weighted by Gasteiger charge is -2.58. The van der Waals surface area contributed by atoms with Crippen LogP contribution < -0.4 is 5.32 Å². The maximum Gasteiger partial charge on any atom is 0.256 e. The highest BCUT2D eigenvalue weighted by atomic mass is 16.5. The Morgan fingerprint density at radius 2 is 2.10 bits per heavy atom. The monoisotopic (exact) mass is 399 g/mol. The summed E-state index contributed by atoms with van der Waals surface area (Å²) in [4.78, 5) is 13.3. The second kappa shape index (κ2) is 7.25. The highest BCUT2D eigenvalue weighted by molar-refractivity contribution is 5.97. The third-order valence-corrected chi connectivity index (χ3v) is 7.03. The maximum absolute atomic E-state index is 13.3. The first-order chi connectivity index (χ1) is 14.1. The van der Waals surface area contributed by atoms with Gasteiger partial charge in [0, 0.05) is 38.7 Å². The molecule has 156 valence electrons. The molecule has 4 fully saturated rings. The van der Waals surface area contributed by atoms with Gasteiger partial charge in [-0.1, -0.05) is 0 Å². The summed E-state index contributed by atoms with van der Waals surface area (Å²) in [6.07, 6.45) is 10.8. The number of nitrogens with one attached hydrogen (secondary N) is 1. The molecule has 2 aromatic rings. The number of carbonyl (C=O) groups excluding carboxylic acids is 1. The molecule has 4 aliphatic rings. The predicted molar refractivity (Wildman–Crippen MR) is 106 cm³/mol. The summed E-state index contributed by atoms with van der Waals surface area (Å²) in [5.74, 6) is 1.96. The zero-order valence-corrected chi connectivity index (χ0v) is 16.8. The molecule has 0 spiro atoms. The van der Waals surface area contributed by atoms with Crippen molar-refractivity contribution >= 4 is 5.91 Å². The van der Waals surface area contributed by atoms with Crippen molar-refractivity contribution in [2.45, 2.75) is 56.7 Å². The van der Waals surface area contributed by atoms with Gasteiger partial charge in [-0.05, 0) is 62.3 Å². The Morgan fingerprint density at radius 1 is 1.31 bits per heavy atom. The minimum Gasteiger partial charge on any atom is -0.390 e. The second-order valence-corrected chi connectivity index (χ2v) is 9.10. The first-order valence-electron chi connectivity index (χ1n) is 10.6. The SMILES string of the molecule is COCCCn1ncc(C(=O)NC2C3CC4CC2CC(O)(C4)C3)c1-n1cccn1. The molecular formula is C21H29N5O3. The van der Waals surface area contributed by atoms with E-state index in [0.29, 0.717) is 42.3 Å². The lowest BCUT2D eigenvalue weighted by atomic mass is 9.52. The van der Waals surface area contributed by atoms with Crippen LogP contribution in [0.15, 0.2) is 24.7 Å². The van der Waals surface area contributed by atoms with E-state index >= 15 is 0 Å². The molecule has 4 bridgehead atoms. The number of aromatic nitrogens is 4. The summed E-state index contributed by atoms with van der Waals surface area (Å²) >= 11 is 0. The van der Waals surface area contributed by atoms with Gasteiger partial charge in [0.1, 0.15) is 5.56 Å².